The van der Waals surface area contributed by atoms with Crippen molar-refractivity contribution in [2.24, 2.45) is 0 Å². The predicted octanol–water partition coefficient (Wildman–Crippen LogP) is 0.290. The van der Waals surface area contributed by atoms with E-state index in [1.165, 1.54) is 19.1 Å². The van der Waals surface area contributed by atoms with Crippen molar-refractivity contribution in [2.75, 3.05) is 26.2 Å². The zero-order chi connectivity index (χ0) is 20.0. The van der Waals surface area contributed by atoms with Gasteiger partial charge in [-0.25, -0.2) is 12.8 Å². The van der Waals surface area contributed by atoms with Gasteiger partial charge in [0.2, 0.25) is 10.0 Å². The van der Waals surface area contributed by atoms with Crippen LogP contribution in [-0.2, 0) is 24.3 Å². The Hall–Kier alpha value is -2.30. The van der Waals surface area contributed by atoms with Gasteiger partial charge in [0.1, 0.15) is 12.0 Å². The van der Waals surface area contributed by atoms with Gasteiger partial charge in [-0.1, -0.05) is 6.08 Å². The van der Waals surface area contributed by atoms with Crippen LogP contribution in [-0.4, -0.2) is 57.0 Å². The number of ether oxygens (including phenoxy) is 1. The van der Waals surface area contributed by atoms with Gasteiger partial charge >= 0.3 is 11.8 Å². The SMILES string of the molecule is C=CCNC(=O)C(=O)NC[C@@H]1OCCCN1S(=O)(=O)c1ccc(F)cc1C. The molecule has 0 aromatic heterocycles. The molecule has 1 atom stereocenters. The Morgan fingerprint density at radius 2 is 2.07 bits per heavy atom. The van der Waals surface area contributed by atoms with Gasteiger partial charge in [0, 0.05) is 13.1 Å². The lowest BCUT2D eigenvalue weighted by Crippen LogP contribution is -2.53. The van der Waals surface area contributed by atoms with Crippen LogP contribution in [0.15, 0.2) is 35.7 Å². The van der Waals surface area contributed by atoms with Gasteiger partial charge < -0.3 is 15.4 Å². The zero-order valence-corrected chi connectivity index (χ0v) is 15.7. The maximum Gasteiger partial charge on any atom is 0.309 e. The van der Waals surface area contributed by atoms with Gasteiger partial charge in [0.15, 0.2) is 0 Å². The third kappa shape index (κ3) is 5.12. The molecule has 8 nitrogen and oxygen atoms in total. The van der Waals surface area contributed by atoms with Crippen LogP contribution in [0, 0.1) is 12.7 Å². The number of aryl methyl sites for hydroxylation is 1. The number of nitrogens with zero attached hydrogens (tertiary/aromatic N) is 1. The van der Waals surface area contributed by atoms with Crippen LogP contribution in [0.2, 0.25) is 0 Å². The summed E-state index contributed by atoms with van der Waals surface area (Å²) in [4.78, 5) is 23.3. The number of nitrogens with one attached hydrogen (secondary N) is 2. The van der Waals surface area contributed by atoms with E-state index in [1.54, 1.807) is 0 Å². The summed E-state index contributed by atoms with van der Waals surface area (Å²) in [6.45, 7) is 5.37. The summed E-state index contributed by atoms with van der Waals surface area (Å²) in [5, 5.41) is 4.68. The second kappa shape index (κ2) is 9.07. The molecule has 0 unspecified atom stereocenters. The molecule has 1 fully saturated rings. The molecule has 0 bridgehead atoms. The highest BCUT2D eigenvalue weighted by Crippen LogP contribution is 2.25. The third-order valence-corrected chi connectivity index (χ3v) is 5.98. The van der Waals surface area contributed by atoms with E-state index < -0.39 is 33.9 Å². The van der Waals surface area contributed by atoms with E-state index in [9.17, 15) is 22.4 Å². The van der Waals surface area contributed by atoms with Crippen LogP contribution < -0.4 is 10.6 Å². The van der Waals surface area contributed by atoms with Crippen LogP contribution in [0.1, 0.15) is 12.0 Å². The second-order valence-corrected chi connectivity index (χ2v) is 7.77. The molecule has 1 aromatic carbocycles. The molecular weight excluding hydrogens is 377 g/mol. The molecule has 10 heteroatoms. The Labute approximate surface area is 157 Å². The van der Waals surface area contributed by atoms with Gasteiger partial charge in [-0.15, -0.1) is 6.58 Å². The molecule has 0 aliphatic carbocycles. The first-order chi connectivity index (χ1) is 12.8. The van der Waals surface area contributed by atoms with E-state index in [2.05, 4.69) is 17.2 Å². The number of hydrogen-bond donors (Lipinski definition) is 2. The lowest BCUT2D eigenvalue weighted by Gasteiger charge is -2.34. The topological polar surface area (TPSA) is 105 Å². The fraction of sp³-hybridized carbons (Fsp3) is 0.412. The summed E-state index contributed by atoms with van der Waals surface area (Å²) in [5.41, 5.74) is 0.271. The zero-order valence-electron chi connectivity index (χ0n) is 14.9. The van der Waals surface area contributed by atoms with E-state index in [0.29, 0.717) is 13.0 Å². The van der Waals surface area contributed by atoms with E-state index in [1.807, 2.05) is 0 Å². The van der Waals surface area contributed by atoms with Gasteiger partial charge in [-0.05, 0) is 37.1 Å². The number of sulfonamides is 1. The number of benzene rings is 1. The summed E-state index contributed by atoms with van der Waals surface area (Å²) in [6.07, 6.45) is 0.933. The molecule has 1 saturated heterocycles. The minimum absolute atomic E-state index is 0.0329. The first-order valence-corrected chi connectivity index (χ1v) is 9.78. The number of halogens is 1. The van der Waals surface area contributed by atoms with E-state index >= 15 is 0 Å². The van der Waals surface area contributed by atoms with Crippen molar-refractivity contribution in [1.29, 1.82) is 0 Å². The first kappa shape index (κ1) is 21.0. The third-order valence-electron chi connectivity index (χ3n) is 3.93. The maximum absolute atomic E-state index is 13.3. The van der Waals surface area contributed by atoms with Crippen LogP contribution in [0.3, 0.4) is 0 Å². The molecule has 1 aliphatic heterocycles. The van der Waals surface area contributed by atoms with Crippen molar-refractivity contribution in [3.05, 3.63) is 42.2 Å². The smallest absolute Gasteiger partial charge is 0.309 e. The average Bonchev–Trinajstić information content (AvgIpc) is 2.64. The van der Waals surface area contributed by atoms with Crippen LogP contribution in [0.5, 0.6) is 0 Å². The number of rotatable bonds is 6. The van der Waals surface area contributed by atoms with Gasteiger partial charge in [-0.2, -0.15) is 4.31 Å². The summed E-state index contributed by atoms with van der Waals surface area (Å²) in [6, 6.07) is 3.41. The number of carbonyl (C=O) groups excluding carboxylic acids is 2. The van der Waals surface area contributed by atoms with Crippen molar-refractivity contribution in [1.82, 2.24) is 14.9 Å². The molecule has 2 rings (SSSR count). The maximum atomic E-state index is 13.3. The normalized spacial score (nSPS) is 17.9. The summed E-state index contributed by atoms with van der Waals surface area (Å²) in [5.74, 6) is -2.29. The monoisotopic (exact) mass is 399 g/mol. The van der Waals surface area contributed by atoms with Gasteiger partial charge in [0.05, 0.1) is 18.0 Å². The molecular formula is C17H22FN3O5S. The standard InChI is InChI=1S/C17H22FN3O5S/c1-3-7-19-16(22)17(23)20-11-15-21(8-4-9-26-15)27(24,25)14-6-5-13(18)10-12(14)2/h3,5-6,10,15H,1,4,7-9,11H2,2H3,(H,19,22)(H,20,23)/t15-/m0/s1. The lowest BCUT2D eigenvalue weighted by molar-refractivity contribution is -0.140. The van der Waals surface area contributed by atoms with Gasteiger partial charge in [0.25, 0.3) is 0 Å². The van der Waals surface area contributed by atoms with Crippen LogP contribution in [0.4, 0.5) is 4.39 Å². The van der Waals surface area contributed by atoms with Crippen LogP contribution >= 0.6 is 0 Å². The Kier molecular flexibility index (Phi) is 7.05. The van der Waals surface area contributed by atoms with Crippen LogP contribution in [0.25, 0.3) is 0 Å². The second-order valence-electron chi connectivity index (χ2n) is 5.91. The largest absolute Gasteiger partial charge is 0.360 e. The summed E-state index contributed by atoms with van der Waals surface area (Å²) in [7, 11) is -3.96. The van der Waals surface area contributed by atoms with Crippen molar-refractivity contribution >= 4 is 21.8 Å². The molecule has 0 radical (unpaired) electrons. The average molecular weight is 399 g/mol. The lowest BCUT2D eigenvalue weighted by atomic mass is 10.2. The number of hydrogen-bond acceptors (Lipinski definition) is 5. The molecule has 27 heavy (non-hydrogen) atoms. The Morgan fingerprint density at radius 1 is 1.37 bits per heavy atom. The van der Waals surface area contributed by atoms with E-state index in [0.717, 1.165) is 16.4 Å². The fourth-order valence-corrected chi connectivity index (χ4v) is 4.41. The van der Waals surface area contributed by atoms with Crippen molar-refractivity contribution in [2.45, 2.75) is 24.5 Å². The predicted molar refractivity (Wildman–Crippen MR) is 95.6 cm³/mol. The number of carbonyl (C=O) groups is 2. The molecule has 148 valence electrons. The molecule has 2 amide bonds. The molecule has 1 aliphatic rings. The first-order valence-electron chi connectivity index (χ1n) is 8.34. The quantitative estimate of drug-likeness (QED) is 0.529. The highest BCUT2D eigenvalue weighted by molar-refractivity contribution is 7.89. The molecule has 0 saturated carbocycles. The Bertz CT molecular complexity index is 828. The van der Waals surface area contributed by atoms with Crippen molar-refractivity contribution in [3.8, 4) is 0 Å². The summed E-state index contributed by atoms with van der Waals surface area (Å²) >= 11 is 0. The summed E-state index contributed by atoms with van der Waals surface area (Å²) < 4.78 is 45.8. The van der Waals surface area contributed by atoms with E-state index in [-0.39, 0.29) is 30.1 Å². The van der Waals surface area contributed by atoms with Crippen molar-refractivity contribution in [3.63, 3.8) is 0 Å². The van der Waals surface area contributed by atoms with E-state index in [4.69, 9.17) is 4.74 Å². The molecule has 2 N–H and O–H groups in total. The molecule has 1 heterocycles. The highest BCUT2D eigenvalue weighted by atomic mass is 32.2. The highest BCUT2D eigenvalue weighted by Gasteiger charge is 2.35. The minimum Gasteiger partial charge on any atom is -0.360 e. The Morgan fingerprint density at radius 3 is 2.74 bits per heavy atom. The molecule has 1 aromatic rings. The number of amides is 2. The fourth-order valence-electron chi connectivity index (χ4n) is 2.64. The van der Waals surface area contributed by atoms with Crippen molar-refractivity contribution < 1.29 is 27.1 Å². The Balaban J connectivity index is 2.13. The molecule has 0 spiro atoms. The van der Waals surface area contributed by atoms with Gasteiger partial charge in [-0.3, -0.25) is 9.59 Å². The minimum atomic E-state index is -3.96.